The summed E-state index contributed by atoms with van der Waals surface area (Å²) in [5.74, 6) is 1.37. The molecule has 0 aliphatic carbocycles. The Labute approximate surface area is 96.5 Å². The second-order valence-corrected chi connectivity index (χ2v) is 5.16. The van der Waals surface area contributed by atoms with Gasteiger partial charge in [-0.25, -0.2) is 4.98 Å². The molecule has 0 saturated heterocycles. The third kappa shape index (κ3) is 3.36. The lowest BCUT2D eigenvalue weighted by atomic mass is 9.88. The van der Waals surface area contributed by atoms with Crippen molar-refractivity contribution in [1.29, 1.82) is 0 Å². The van der Waals surface area contributed by atoms with Crippen molar-refractivity contribution in [3.05, 3.63) is 22.2 Å². The minimum absolute atomic E-state index is 0.101. The number of H-pyrrole nitrogens is 1. The van der Waals surface area contributed by atoms with Crippen LogP contribution >= 0.6 is 0 Å². The van der Waals surface area contributed by atoms with Crippen LogP contribution in [0.3, 0.4) is 0 Å². The first-order valence-corrected chi connectivity index (χ1v) is 5.69. The Kier molecular flexibility index (Phi) is 3.73. The molecule has 1 aromatic rings. The largest absolute Gasteiger partial charge is 0.367 e. The molecule has 0 aliphatic rings. The molecule has 0 fully saturated rings. The van der Waals surface area contributed by atoms with Crippen LogP contribution in [0.1, 0.15) is 40.4 Å². The van der Waals surface area contributed by atoms with Gasteiger partial charge in [0.2, 0.25) is 0 Å². The van der Waals surface area contributed by atoms with E-state index in [1.807, 2.05) is 6.92 Å². The van der Waals surface area contributed by atoms with E-state index in [1.165, 1.54) is 6.07 Å². The van der Waals surface area contributed by atoms with Crippen LogP contribution in [0.15, 0.2) is 10.9 Å². The molecule has 0 aliphatic heterocycles. The van der Waals surface area contributed by atoms with E-state index >= 15 is 0 Å². The van der Waals surface area contributed by atoms with Crippen LogP contribution in [0.25, 0.3) is 0 Å². The molecule has 0 amide bonds. The van der Waals surface area contributed by atoms with E-state index in [9.17, 15) is 4.79 Å². The van der Waals surface area contributed by atoms with Crippen LogP contribution in [0.5, 0.6) is 0 Å². The van der Waals surface area contributed by atoms with Gasteiger partial charge >= 0.3 is 0 Å². The van der Waals surface area contributed by atoms with Crippen molar-refractivity contribution >= 4 is 5.82 Å². The van der Waals surface area contributed by atoms with Gasteiger partial charge in [0.25, 0.3) is 5.56 Å². The minimum Gasteiger partial charge on any atom is -0.367 e. The van der Waals surface area contributed by atoms with Crippen LogP contribution in [0.4, 0.5) is 5.82 Å². The number of hydrogen-bond donors (Lipinski definition) is 2. The Hall–Kier alpha value is -1.32. The van der Waals surface area contributed by atoms with E-state index in [-0.39, 0.29) is 17.0 Å². The zero-order chi connectivity index (χ0) is 12.3. The first kappa shape index (κ1) is 12.7. The number of hydrogen-bond acceptors (Lipinski definition) is 3. The first-order valence-electron chi connectivity index (χ1n) is 5.69. The minimum atomic E-state index is -0.101. The lowest BCUT2D eigenvalue weighted by Gasteiger charge is -2.28. The molecule has 0 spiro atoms. The molecule has 0 bridgehead atoms. The summed E-state index contributed by atoms with van der Waals surface area (Å²) in [6.07, 6.45) is 0.731. The molecule has 90 valence electrons. The molecule has 1 heterocycles. The molecule has 1 atom stereocenters. The van der Waals surface area contributed by atoms with Gasteiger partial charge in [-0.2, -0.15) is 0 Å². The molecule has 0 saturated carbocycles. The van der Waals surface area contributed by atoms with E-state index < -0.39 is 0 Å². The third-order valence-corrected chi connectivity index (χ3v) is 2.79. The van der Waals surface area contributed by atoms with Gasteiger partial charge < -0.3 is 10.3 Å². The number of aromatic amines is 1. The first-order chi connectivity index (χ1) is 7.32. The average molecular weight is 223 g/mol. The number of aromatic nitrogens is 2. The number of aryl methyl sites for hydroxylation is 1. The summed E-state index contributed by atoms with van der Waals surface area (Å²) in [7, 11) is 0. The highest BCUT2D eigenvalue weighted by atomic mass is 16.1. The van der Waals surface area contributed by atoms with Crippen LogP contribution in [-0.4, -0.2) is 16.0 Å². The molecule has 16 heavy (non-hydrogen) atoms. The molecule has 1 unspecified atom stereocenters. The fourth-order valence-electron chi connectivity index (χ4n) is 1.19. The molecule has 2 N–H and O–H groups in total. The zero-order valence-corrected chi connectivity index (χ0v) is 10.7. The summed E-state index contributed by atoms with van der Waals surface area (Å²) in [4.78, 5) is 18.4. The molecular weight excluding hydrogens is 202 g/mol. The average Bonchev–Trinajstić information content (AvgIpc) is 2.15. The highest BCUT2D eigenvalue weighted by Gasteiger charge is 2.20. The highest BCUT2D eigenvalue weighted by molar-refractivity contribution is 5.34. The molecule has 4 nitrogen and oxygen atoms in total. The van der Waals surface area contributed by atoms with Crippen molar-refractivity contribution in [1.82, 2.24) is 9.97 Å². The number of nitrogens with zero attached hydrogens (tertiary/aromatic N) is 1. The summed E-state index contributed by atoms with van der Waals surface area (Å²) in [6.45, 7) is 10.5. The molecule has 0 radical (unpaired) electrons. The summed E-state index contributed by atoms with van der Waals surface area (Å²) in [6, 6.07) is 1.76. The topological polar surface area (TPSA) is 57.8 Å². The quantitative estimate of drug-likeness (QED) is 0.825. The number of anilines is 1. The molecule has 0 aromatic carbocycles. The second-order valence-electron chi connectivity index (χ2n) is 5.16. The molecular formula is C12H21N3O. The lowest BCUT2D eigenvalue weighted by molar-refractivity contribution is 0.358. The van der Waals surface area contributed by atoms with Gasteiger partial charge in [0.15, 0.2) is 0 Å². The maximum atomic E-state index is 11.4. The van der Waals surface area contributed by atoms with Crippen molar-refractivity contribution in [2.45, 2.75) is 47.1 Å². The predicted molar refractivity (Wildman–Crippen MR) is 66.8 cm³/mol. The molecule has 1 rings (SSSR count). The lowest BCUT2D eigenvalue weighted by Crippen LogP contribution is -2.31. The van der Waals surface area contributed by atoms with Crippen molar-refractivity contribution in [3.8, 4) is 0 Å². The summed E-state index contributed by atoms with van der Waals surface area (Å²) < 4.78 is 0. The Morgan fingerprint density at radius 1 is 1.50 bits per heavy atom. The molecule has 1 aromatic heterocycles. The van der Waals surface area contributed by atoms with E-state index in [2.05, 4.69) is 43.0 Å². The van der Waals surface area contributed by atoms with Crippen LogP contribution in [0.2, 0.25) is 0 Å². The SMILES string of the molecule is CCc1nc(NC(C)C(C)(C)C)cc(=O)[nH]1. The summed E-state index contributed by atoms with van der Waals surface area (Å²) >= 11 is 0. The Morgan fingerprint density at radius 3 is 2.62 bits per heavy atom. The normalized spacial score (nSPS) is 13.6. The second kappa shape index (κ2) is 4.68. The van der Waals surface area contributed by atoms with E-state index in [4.69, 9.17) is 0 Å². The Morgan fingerprint density at radius 2 is 2.12 bits per heavy atom. The van der Waals surface area contributed by atoms with Crippen molar-refractivity contribution in [2.24, 2.45) is 5.41 Å². The number of nitrogens with one attached hydrogen (secondary N) is 2. The van der Waals surface area contributed by atoms with Gasteiger partial charge in [-0.15, -0.1) is 0 Å². The van der Waals surface area contributed by atoms with Gasteiger partial charge in [-0.05, 0) is 12.3 Å². The standard InChI is InChI=1S/C12H21N3O/c1-6-9-14-10(7-11(16)15-9)13-8(2)12(3,4)5/h7-8H,6H2,1-5H3,(H2,13,14,15,16). The van der Waals surface area contributed by atoms with E-state index in [1.54, 1.807) is 0 Å². The van der Waals surface area contributed by atoms with Crippen LogP contribution in [-0.2, 0) is 6.42 Å². The maximum Gasteiger partial charge on any atom is 0.252 e. The zero-order valence-electron chi connectivity index (χ0n) is 10.7. The monoisotopic (exact) mass is 223 g/mol. The van der Waals surface area contributed by atoms with Crippen molar-refractivity contribution in [3.63, 3.8) is 0 Å². The number of rotatable bonds is 3. The molecule has 4 heteroatoms. The Balaban J connectivity index is 2.89. The third-order valence-electron chi connectivity index (χ3n) is 2.79. The Bertz CT molecular complexity index is 403. The smallest absolute Gasteiger partial charge is 0.252 e. The van der Waals surface area contributed by atoms with Crippen LogP contribution < -0.4 is 10.9 Å². The highest BCUT2D eigenvalue weighted by Crippen LogP contribution is 2.21. The van der Waals surface area contributed by atoms with Gasteiger partial charge in [-0.3, -0.25) is 4.79 Å². The van der Waals surface area contributed by atoms with Gasteiger partial charge in [0, 0.05) is 18.5 Å². The van der Waals surface area contributed by atoms with Crippen molar-refractivity contribution in [2.75, 3.05) is 5.32 Å². The van der Waals surface area contributed by atoms with E-state index in [0.29, 0.717) is 5.82 Å². The fourth-order valence-corrected chi connectivity index (χ4v) is 1.19. The van der Waals surface area contributed by atoms with Crippen LogP contribution in [0, 0.1) is 5.41 Å². The summed E-state index contributed by atoms with van der Waals surface area (Å²) in [5.41, 5.74) is 0.0342. The van der Waals surface area contributed by atoms with Crippen molar-refractivity contribution < 1.29 is 0 Å². The van der Waals surface area contributed by atoms with Gasteiger partial charge in [0.1, 0.15) is 11.6 Å². The fraction of sp³-hybridized carbons (Fsp3) is 0.667. The van der Waals surface area contributed by atoms with E-state index in [0.717, 1.165) is 12.2 Å². The van der Waals surface area contributed by atoms with Gasteiger partial charge in [-0.1, -0.05) is 27.7 Å². The maximum absolute atomic E-state index is 11.4. The summed E-state index contributed by atoms with van der Waals surface area (Å²) in [5, 5.41) is 3.27. The predicted octanol–water partition coefficient (Wildman–Crippen LogP) is 2.18. The van der Waals surface area contributed by atoms with Gasteiger partial charge in [0.05, 0.1) is 0 Å².